The molecule has 1 fully saturated rings. The van der Waals surface area contributed by atoms with Gasteiger partial charge in [-0.1, -0.05) is 11.8 Å². The first kappa shape index (κ1) is 19.3. The quantitative estimate of drug-likeness (QED) is 0.642. The maximum Gasteiger partial charge on any atom is 0.407 e. The summed E-state index contributed by atoms with van der Waals surface area (Å²) in [5.41, 5.74) is 1.00. The van der Waals surface area contributed by atoms with Gasteiger partial charge >= 0.3 is 12.1 Å². The first-order chi connectivity index (χ1) is 12.2. The fourth-order valence-corrected chi connectivity index (χ4v) is 2.24. The summed E-state index contributed by atoms with van der Waals surface area (Å²) in [6.45, 7) is 6.19. The molecular formula is C19H23N3O4. The number of anilines is 1. The monoisotopic (exact) mass is 357 g/mol. The summed E-state index contributed by atoms with van der Waals surface area (Å²) in [5, 5.41) is 4.93. The average Bonchev–Trinajstić information content (AvgIpc) is 2.54. The number of imide groups is 1. The number of rotatable bonds is 3. The first-order valence-electron chi connectivity index (χ1n) is 8.42. The largest absolute Gasteiger partial charge is 0.444 e. The maximum atomic E-state index is 11.8. The Morgan fingerprint density at radius 3 is 2.58 bits per heavy atom. The number of benzene rings is 1. The SMILES string of the molecule is CC(C)(C)OC(=O)NCCC#Cc1ccc(N2CCC(=O)NC2=O)cc1. The van der Waals surface area contributed by atoms with Gasteiger partial charge < -0.3 is 10.1 Å². The molecular weight excluding hydrogens is 334 g/mol. The minimum Gasteiger partial charge on any atom is -0.444 e. The number of carbonyl (C=O) groups is 3. The summed E-state index contributed by atoms with van der Waals surface area (Å²) >= 11 is 0. The lowest BCUT2D eigenvalue weighted by atomic mass is 10.2. The Hall–Kier alpha value is -3.01. The van der Waals surface area contributed by atoms with Crippen molar-refractivity contribution in [2.24, 2.45) is 0 Å². The lowest BCUT2D eigenvalue weighted by Crippen LogP contribution is -2.49. The third-order valence-electron chi connectivity index (χ3n) is 3.38. The van der Waals surface area contributed by atoms with Crippen LogP contribution in [-0.2, 0) is 9.53 Å². The van der Waals surface area contributed by atoms with E-state index < -0.39 is 17.7 Å². The molecule has 2 N–H and O–H groups in total. The van der Waals surface area contributed by atoms with Gasteiger partial charge in [-0.05, 0) is 45.0 Å². The Balaban J connectivity index is 1.81. The Labute approximate surface area is 153 Å². The van der Waals surface area contributed by atoms with Crippen molar-refractivity contribution in [1.29, 1.82) is 0 Å². The number of carbonyl (C=O) groups excluding carboxylic acids is 3. The number of alkyl carbamates (subject to hydrolysis) is 1. The minimum atomic E-state index is -0.518. The van der Waals surface area contributed by atoms with Crippen LogP contribution in [0, 0.1) is 11.8 Å². The molecule has 0 saturated carbocycles. The van der Waals surface area contributed by atoms with E-state index in [1.807, 2.05) is 12.1 Å². The highest BCUT2D eigenvalue weighted by Gasteiger charge is 2.23. The molecule has 1 aliphatic rings. The van der Waals surface area contributed by atoms with Gasteiger partial charge in [0.2, 0.25) is 5.91 Å². The summed E-state index contributed by atoms with van der Waals surface area (Å²) in [6.07, 6.45) is 0.331. The molecule has 1 saturated heterocycles. The molecule has 0 radical (unpaired) electrons. The summed E-state index contributed by atoms with van der Waals surface area (Å²) in [5.74, 6) is 5.72. The van der Waals surface area contributed by atoms with Crippen LogP contribution in [-0.4, -0.2) is 36.7 Å². The lowest BCUT2D eigenvalue weighted by Gasteiger charge is -2.26. The van der Waals surface area contributed by atoms with E-state index in [-0.39, 0.29) is 12.3 Å². The predicted octanol–water partition coefficient (Wildman–Crippen LogP) is 2.40. The fourth-order valence-electron chi connectivity index (χ4n) is 2.24. The fraction of sp³-hybridized carbons (Fsp3) is 0.421. The van der Waals surface area contributed by atoms with Crippen molar-refractivity contribution >= 4 is 23.7 Å². The lowest BCUT2D eigenvalue weighted by molar-refractivity contribution is -0.120. The number of ether oxygens (including phenoxy) is 1. The van der Waals surface area contributed by atoms with Crippen molar-refractivity contribution in [3.8, 4) is 11.8 Å². The van der Waals surface area contributed by atoms with Crippen molar-refractivity contribution in [2.75, 3.05) is 18.0 Å². The van der Waals surface area contributed by atoms with Crippen molar-refractivity contribution < 1.29 is 19.1 Å². The molecule has 1 heterocycles. The molecule has 0 unspecified atom stereocenters. The highest BCUT2D eigenvalue weighted by Crippen LogP contribution is 2.17. The zero-order valence-corrected chi connectivity index (χ0v) is 15.2. The van der Waals surface area contributed by atoms with Crippen LogP contribution in [0.5, 0.6) is 0 Å². The number of hydrogen-bond donors (Lipinski definition) is 2. The Kier molecular flexibility index (Phi) is 6.23. The Bertz CT molecular complexity index is 739. The zero-order chi connectivity index (χ0) is 19.2. The van der Waals surface area contributed by atoms with Gasteiger partial charge in [-0.3, -0.25) is 15.0 Å². The normalized spacial score (nSPS) is 14.2. The van der Waals surface area contributed by atoms with Crippen molar-refractivity contribution in [1.82, 2.24) is 10.6 Å². The molecule has 1 aliphatic heterocycles. The van der Waals surface area contributed by atoms with Crippen LogP contribution in [0.25, 0.3) is 0 Å². The Morgan fingerprint density at radius 1 is 1.27 bits per heavy atom. The standard InChI is InChI=1S/C19H23N3O4/c1-19(2,3)26-18(25)20-12-5-4-6-14-7-9-15(10-8-14)22-13-11-16(23)21-17(22)24/h7-10H,5,11-13H2,1-3H3,(H,20,25)(H,21,23,24). The molecule has 2 rings (SSSR count). The second kappa shape index (κ2) is 8.39. The van der Waals surface area contributed by atoms with Gasteiger partial charge in [-0.25, -0.2) is 9.59 Å². The van der Waals surface area contributed by atoms with E-state index in [0.29, 0.717) is 25.2 Å². The maximum absolute atomic E-state index is 11.8. The van der Waals surface area contributed by atoms with E-state index in [0.717, 1.165) is 5.56 Å². The van der Waals surface area contributed by atoms with Crippen molar-refractivity contribution in [2.45, 2.75) is 39.2 Å². The predicted molar refractivity (Wildman–Crippen MR) is 97.7 cm³/mol. The molecule has 7 heteroatoms. The molecule has 0 aliphatic carbocycles. The zero-order valence-electron chi connectivity index (χ0n) is 15.2. The van der Waals surface area contributed by atoms with Crippen LogP contribution in [0.2, 0.25) is 0 Å². The van der Waals surface area contributed by atoms with Gasteiger partial charge in [0, 0.05) is 37.2 Å². The molecule has 1 aromatic rings. The molecule has 138 valence electrons. The highest BCUT2D eigenvalue weighted by atomic mass is 16.6. The summed E-state index contributed by atoms with van der Waals surface area (Å²) in [6, 6.07) is 6.80. The molecule has 0 aromatic heterocycles. The molecule has 0 spiro atoms. The molecule has 7 nitrogen and oxygen atoms in total. The van der Waals surface area contributed by atoms with E-state index in [9.17, 15) is 14.4 Å². The summed E-state index contributed by atoms with van der Waals surface area (Å²) in [7, 11) is 0. The third-order valence-corrected chi connectivity index (χ3v) is 3.38. The second-order valence-corrected chi connectivity index (χ2v) is 6.78. The van der Waals surface area contributed by atoms with Crippen molar-refractivity contribution in [3.63, 3.8) is 0 Å². The van der Waals surface area contributed by atoms with Gasteiger partial charge in [0.05, 0.1) is 0 Å². The first-order valence-corrected chi connectivity index (χ1v) is 8.42. The van der Waals surface area contributed by atoms with Gasteiger partial charge in [0.25, 0.3) is 0 Å². The second-order valence-electron chi connectivity index (χ2n) is 6.78. The van der Waals surface area contributed by atoms with Gasteiger partial charge in [-0.15, -0.1) is 0 Å². The van der Waals surface area contributed by atoms with Gasteiger partial charge in [0.15, 0.2) is 0 Å². The van der Waals surface area contributed by atoms with Gasteiger partial charge in [-0.2, -0.15) is 0 Å². The molecule has 26 heavy (non-hydrogen) atoms. The molecule has 0 atom stereocenters. The minimum absolute atomic E-state index is 0.256. The molecule has 0 bridgehead atoms. The van der Waals surface area contributed by atoms with E-state index in [1.54, 1.807) is 32.9 Å². The molecule has 1 aromatic carbocycles. The summed E-state index contributed by atoms with van der Waals surface area (Å²) in [4.78, 5) is 36.0. The third kappa shape index (κ3) is 6.13. The number of urea groups is 1. The highest BCUT2D eigenvalue weighted by molar-refractivity contribution is 6.05. The smallest absolute Gasteiger partial charge is 0.407 e. The molecule has 4 amide bonds. The topological polar surface area (TPSA) is 87.7 Å². The van der Waals surface area contributed by atoms with Gasteiger partial charge in [0.1, 0.15) is 5.60 Å². The average molecular weight is 357 g/mol. The van der Waals surface area contributed by atoms with Crippen LogP contribution >= 0.6 is 0 Å². The number of hydrogen-bond acceptors (Lipinski definition) is 4. The van der Waals surface area contributed by atoms with Crippen LogP contribution in [0.3, 0.4) is 0 Å². The van der Waals surface area contributed by atoms with Crippen LogP contribution in [0.1, 0.15) is 39.2 Å². The Morgan fingerprint density at radius 2 is 1.96 bits per heavy atom. The van der Waals surface area contributed by atoms with Crippen LogP contribution in [0.15, 0.2) is 24.3 Å². The van der Waals surface area contributed by atoms with E-state index in [4.69, 9.17) is 4.74 Å². The van der Waals surface area contributed by atoms with E-state index in [2.05, 4.69) is 22.5 Å². The van der Waals surface area contributed by atoms with Crippen molar-refractivity contribution in [3.05, 3.63) is 29.8 Å². The van der Waals surface area contributed by atoms with E-state index in [1.165, 1.54) is 4.90 Å². The van der Waals surface area contributed by atoms with Crippen LogP contribution in [0.4, 0.5) is 15.3 Å². The number of nitrogens with one attached hydrogen (secondary N) is 2. The van der Waals surface area contributed by atoms with E-state index >= 15 is 0 Å². The number of nitrogens with zero attached hydrogens (tertiary/aromatic N) is 1. The number of amides is 4. The van der Waals surface area contributed by atoms with Crippen LogP contribution < -0.4 is 15.5 Å². The summed E-state index contributed by atoms with van der Waals surface area (Å²) < 4.78 is 5.13.